The van der Waals surface area contributed by atoms with E-state index >= 15 is 0 Å². The lowest BCUT2D eigenvalue weighted by molar-refractivity contribution is 0.529. The van der Waals surface area contributed by atoms with Gasteiger partial charge in [-0.05, 0) is 46.1 Å². The fourth-order valence-electron chi connectivity index (χ4n) is 1.64. The highest BCUT2D eigenvalue weighted by atomic mass is 14.9. The summed E-state index contributed by atoms with van der Waals surface area (Å²) in [5, 5.41) is 3.30. The number of hydrogen-bond acceptors (Lipinski definition) is 1. The van der Waals surface area contributed by atoms with E-state index in [1.807, 2.05) is 7.05 Å². The summed E-state index contributed by atoms with van der Waals surface area (Å²) in [6.07, 6.45) is 3.78. The van der Waals surface area contributed by atoms with Gasteiger partial charge in [-0.1, -0.05) is 11.6 Å². The molecule has 64 valence electrons. The monoisotopic (exact) mass is 153 g/mol. The second kappa shape index (κ2) is 3.40. The van der Waals surface area contributed by atoms with E-state index in [0.29, 0.717) is 6.04 Å². The van der Waals surface area contributed by atoms with Crippen LogP contribution in [0.5, 0.6) is 0 Å². The van der Waals surface area contributed by atoms with Crippen LogP contribution in [0.3, 0.4) is 0 Å². The molecule has 0 bridgehead atoms. The van der Waals surface area contributed by atoms with Gasteiger partial charge >= 0.3 is 0 Å². The Morgan fingerprint density at radius 1 is 1.55 bits per heavy atom. The van der Waals surface area contributed by atoms with Gasteiger partial charge in [-0.3, -0.25) is 0 Å². The third-order valence-corrected chi connectivity index (χ3v) is 2.54. The van der Waals surface area contributed by atoms with Crippen molar-refractivity contribution < 1.29 is 0 Å². The minimum absolute atomic E-state index is 0.690. The fourth-order valence-corrected chi connectivity index (χ4v) is 1.64. The second-order valence-corrected chi connectivity index (χ2v) is 3.88. The van der Waals surface area contributed by atoms with Crippen molar-refractivity contribution in [3.63, 3.8) is 0 Å². The first-order chi connectivity index (χ1) is 5.15. The lowest BCUT2D eigenvalue weighted by Gasteiger charge is -2.07. The molecule has 3 atom stereocenters. The van der Waals surface area contributed by atoms with Gasteiger partial charge in [0.1, 0.15) is 0 Å². The third-order valence-electron chi connectivity index (χ3n) is 2.54. The molecule has 11 heavy (non-hydrogen) atoms. The summed E-state index contributed by atoms with van der Waals surface area (Å²) in [4.78, 5) is 0. The normalized spacial score (nSPS) is 31.3. The van der Waals surface area contributed by atoms with Gasteiger partial charge < -0.3 is 5.32 Å². The highest BCUT2D eigenvalue weighted by Crippen LogP contribution is 2.42. The maximum absolute atomic E-state index is 3.30. The minimum Gasteiger partial charge on any atom is -0.317 e. The van der Waals surface area contributed by atoms with E-state index in [2.05, 4.69) is 32.2 Å². The van der Waals surface area contributed by atoms with Crippen molar-refractivity contribution in [3.8, 4) is 0 Å². The van der Waals surface area contributed by atoms with Gasteiger partial charge in [0, 0.05) is 6.04 Å². The SMILES string of the molecule is CNC(C)[C@H]1C[C@@H]1C=C(C)C. The zero-order valence-electron chi connectivity index (χ0n) is 8.02. The molecule has 1 N–H and O–H groups in total. The molecular weight excluding hydrogens is 134 g/mol. The van der Waals surface area contributed by atoms with Gasteiger partial charge in [0.05, 0.1) is 0 Å². The highest BCUT2D eigenvalue weighted by molar-refractivity contribution is 5.09. The predicted octanol–water partition coefficient (Wildman–Crippen LogP) is 2.20. The molecule has 0 spiro atoms. The maximum Gasteiger partial charge on any atom is 0.00698 e. The van der Waals surface area contributed by atoms with Gasteiger partial charge in [0.2, 0.25) is 0 Å². The molecule has 1 aliphatic rings. The van der Waals surface area contributed by atoms with Crippen LogP contribution >= 0.6 is 0 Å². The molecule has 0 aromatic rings. The summed E-state index contributed by atoms with van der Waals surface area (Å²) in [6.45, 7) is 6.63. The molecule has 1 nitrogen and oxygen atoms in total. The average molecular weight is 153 g/mol. The van der Waals surface area contributed by atoms with Crippen molar-refractivity contribution in [1.82, 2.24) is 5.32 Å². The zero-order chi connectivity index (χ0) is 8.43. The molecule has 1 heteroatoms. The summed E-state index contributed by atoms with van der Waals surface area (Å²) in [6, 6.07) is 0.690. The zero-order valence-corrected chi connectivity index (χ0v) is 8.02. The van der Waals surface area contributed by atoms with E-state index in [0.717, 1.165) is 11.8 Å². The molecular formula is C10H19N. The first-order valence-corrected chi connectivity index (χ1v) is 4.47. The first kappa shape index (κ1) is 8.79. The van der Waals surface area contributed by atoms with E-state index in [9.17, 15) is 0 Å². The van der Waals surface area contributed by atoms with Crippen molar-refractivity contribution in [2.75, 3.05) is 7.05 Å². The predicted molar refractivity (Wildman–Crippen MR) is 49.5 cm³/mol. The smallest absolute Gasteiger partial charge is 0.00698 e. The Kier molecular flexibility index (Phi) is 2.72. The average Bonchev–Trinajstić information content (AvgIpc) is 2.65. The van der Waals surface area contributed by atoms with Crippen LogP contribution in [0, 0.1) is 11.8 Å². The minimum atomic E-state index is 0.690. The van der Waals surface area contributed by atoms with Crippen LogP contribution in [-0.4, -0.2) is 13.1 Å². The van der Waals surface area contributed by atoms with Crippen molar-refractivity contribution in [3.05, 3.63) is 11.6 Å². The molecule has 0 radical (unpaired) electrons. The molecule has 1 rings (SSSR count). The molecule has 1 saturated carbocycles. The Balaban J connectivity index is 2.32. The molecule has 1 fully saturated rings. The van der Waals surface area contributed by atoms with Gasteiger partial charge in [0.15, 0.2) is 0 Å². The Hall–Kier alpha value is -0.300. The quantitative estimate of drug-likeness (QED) is 0.613. The second-order valence-electron chi connectivity index (χ2n) is 3.88. The Labute approximate surface area is 69.9 Å². The topological polar surface area (TPSA) is 12.0 Å². The summed E-state index contributed by atoms with van der Waals surface area (Å²) < 4.78 is 0. The number of allylic oxidation sites excluding steroid dienone is 2. The van der Waals surface area contributed by atoms with Gasteiger partial charge in [-0.25, -0.2) is 0 Å². The first-order valence-electron chi connectivity index (χ1n) is 4.47. The van der Waals surface area contributed by atoms with Gasteiger partial charge in [-0.15, -0.1) is 0 Å². The van der Waals surface area contributed by atoms with E-state index in [4.69, 9.17) is 0 Å². The molecule has 0 aliphatic heterocycles. The molecule has 0 aromatic heterocycles. The Morgan fingerprint density at radius 2 is 2.18 bits per heavy atom. The molecule has 0 saturated heterocycles. The Morgan fingerprint density at radius 3 is 2.64 bits per heavy atom. The standard InChI is InChI=1S/C10H19N/c1-7(2)5-9-6-10(9)8(3)11-4/h5,8-11H,6H2,1-4H3/t8?,9-,10+/m0/s1. The number of hydrogen-bond donors (Lipinski definition) is 1. The molecule has 1 unspecified atom stereocenters. The largest absolute Gasteiger partial charge is 0.317 e. The van der Waals surface area contributed by atoms with Crippen LogP contribution in [0.2, 0.25) is 0 Å². The van der Waals surface area contributed by atoms with E-state index in [-0.39, 0.29) is 0 Å². The van der Waals surface area contributed by atoms with Crippen molar-refractivity contribution >= 4 is 0 Å². The van der Waals surface area contributed by atoms with Gasteiger partial charge in [0.25, 0.3) is 0 Å². The van der Waals surface area contributed by atoms with Crippen LogP contribution < -0.4 is 5.32 Å². The molecule has 1 aliphatic carbocycles. The molecule has 0 aromatic carbocycles. The van der Waals surface area contributed by atoms with Crippen molar-refractivity contribution in [2.45, 2.75) is 33.2 Å². The summed E-state index contributed by atoms with van der Waals surface area (Å²) in [5.74, 6) is 1.76. The van der Waals surface area contributed by atoms with Crippen LogP contribution in [0.15, 0.2) is 11.6 Å². The number of nitrogens with one attached hydrogen (secondary N) is 1. The van der Waals surface area contributed by atoms with E-state index < -0.39 is 0 Å². The molecule has 0 amide bonds. The van der Waals surface area contributed by atoms with Crippen LogP contribution in [0.25, 0.3) is 0 Å². The van der Waals surface area contributed by atoms with Crippen molar-refractivity contribution in [1.29, 1.82) is 0 Å². The highest BCUT2D eigenvalue weighted by Gasteiger charge is 2.38. The maximum atomic E-state index is 3.30. The lowest BCUT2D eigenvalue weighted by Crippen LogP contribution is -2.23. The summed E-state index contributed by atoms with van der Waals surface area (Å²) in [5.41, 5.74) is 1.46. The Bertz CT molecular complexity index is 156. The van der Waals surface area contributed by atoms with Crippen LogP contribution in [-0.2, 0) is 0 Å². The molecule has 0 heterocycles. The summed E-state index contributed by atoms with van der Waals surface area (Å²) in [7, 11) is 2.04. The van der Waals surface area contributed by atoms with Crippen molar-refractivity contribution in [2.24, 2.45) is 11.8 Å². The van der Waals surface area contributed by atoms with Crippen LogP contribution in [0.4, 0.5) is 0 Å². The fraction of sp³-hybridized carbons (Fsp3) is 0.800. The third kappa shape index (κ3) is 2.33. The van der Waals surface area contributed by atoms with E-state index in [1.54, 1.807) is 0 Å². The lowest BCUT2D eigenvalue weighted by atomic mass is 10.1. The van der Waals surface area contributed by atoms with E-state index in [1.165, 1.54) is 12.0 Å². The number of rotatable bonds is 3. The summed E-state index contributed by atoms with van der Waals surface area (Å²) >= 11 is 0. The van der Waals surface area contributed by atoms with Gasteiger partial charge in [-0.2, -0.15) is 0 Å². The van der Waals surface area contributed by atoms with Crippen LogP contribution in [0.1, 0.15) is 27.2 Å².